The highest BCUT2D eigenvalue weighted by molar-refractivity contribution is 6.06. The molecule has 9 heteroatoms. The van der Waals surface area contributed by atoms with E-state index in [1.165, 1.54) is 22.9 Å². The van der Waals surface area contributed by atoms with Crippen LogP contribution in [0.1, 0.15) is 21.9 Å². The maximum Gasteiger partial charge on any atom is 0.239 e. The number of ketones is 1. The molecule has 0 spiro atoms. The molecule has 0 aliphatic rings. The number of rotatable bonds is 5. The third-order valence-corrected chi connectivity index (χ3v) is 2.97. The molecule has 0 atom stereocenters. The number of nitrogens with one attached hydrogen (secondary N) is 1. The minimum atomic E-state index is -0.509. The summed E-state index contributed by atoms with van der Waals surface area (Å²) in [4.78, 5) is 12.0. The van der Waals surface area contributed by atoms with Crippen LogP contribution >= 0.6 is 0 Å². The number of halogens is 1. The van der Waals surface area contributed by atoms with Gasteiger partial charge in [-0.15, -0.1) is 10.2 Å². The van der Waals surface area contributed by atoms with Crippen LogP contribution in [0.25, 0.3) is 5.76 Å². The van der Waals surface area contributed by atoms with Gasteiger partial charge in [-0.2, -0.15) is 10.3 Å². The third-order valence-electron chi connectivity index (χ3n) is 2.97. The molecule has 23 heavy (non-hydrogen) atoms. The molecule has 3 rings (SSSR count). The van der Waals surface area contributed by atoms with Gasteiger partial charge in [0.25, 0.3) is 0 Å². The molecule has 2 heterocycles. The molecule has 8 nitrogen and oxygen atoms in total. The number of aromatic amines is 1. The molecule has 0 bridgehead atoms. The fraction of sp³-hybridized carbons (Fsp3) is 0.0714. The highest BCUT2D eigenvalue weighted by Crippen LogP contribution is 2.09. The number of hydrogen-bond acceptors (Lipinski definition) is 6. The molecular formula is C14H11FN6O2. The molecule has 0 saturated carbocycles. The summed E-state index contributed by atoms with van der Waals surface area (Å²) in [5.74, 6) is -1.34. The molecule has 0 saturated heterocycles. The number of allylic oxidation sites excluding steroid dienone is 1. The Kier molecular flexibility index (Phi) is 3.91. The van der Waals surface area contributed by atoms with Crippen LogP contribution in [0.2, 0.25) is 0 Å². The summed E-state index contributed by atoms with van der Waals surface area (Å²) < 4.78 is 14.6. The maximum absolute atomic E-state index is 13.1. The smallest absolute Gasteiger partial charge is 0.239 e. The molecule has 3 aromatic rings. The number of carbonyl (C=O) groups excluding carboxylic acids is 1. The van der Waals surface area contributed by atoms with Crippen LogP contribution in [-0.4, -0.2) is 41.3 Å². The van der Waals surface area contributed by atoms with Crippen LogP contribution in [0.15, 0.2) is 42.6 Å². The van der Waals surface area contributed by atoms with E-state index in [1.807, 2.05) is 0 Å². The Morgan fingerprint density at radius 2 is 2.26 bits per heavy atom. The third kappa shape index (κ3) is 3.46. The zero-order valence-electron chi connectivity index (χ0n) is 11.7. The fourth-order valence-corrected chi connectivity index (χ4v) is 1.94. The van der Waals surface area contributed by atoms with Gasteiger partial charge in [-0.3, -0.25) is 9.48 Å². The van der Waals surface area contributed by atoms with E-state index in [2.05, 4.69) is 25.7 Å². The Hall–Kier alpha value is -3.36. The number of tetrazole rings is 1. The highest BCUT2D eigenvalue weighted by Gasteiger charge is 2.12. The van der Waals surface area contributed by atoms with E-state index >= 15 is 0 Å². The largest absolute Gasteiger partial charge is 0.504 e. The minimum Gasteiger partial charge on any atom is -0.504 e. The lowest BCUT2D eigenvalue weighted by Gasteiger charge is -2.01. The number of carbonyl (C=O) groups is 1. The van der Waals surface area contributed by atoms with Crippen molar-refractivity contribution >= 4 is 11.5 Å². The van der Waals surface area contributed by atoms with Crippen molar-refractivity contribution < 1.29 is 14.3 Å². The first kappa shape index (κ1) is 14.6. The van der Waals surface area contributed by atoms with Crippen molar-refractivity contribution in [1.29, 1.82) is 0 Å². The number of benzene rings is 1. The van der Waals surface area contributed by atoms with Gasteiger partial charge in [0.2, 0.25) is 11.6 Å². The summed E-state index contributed by atoms with van der Waals surface area (Å²) in [7, 11) is 0. The number of H-pyrrole nitrogens is 1. The van der Waals surface area contributed by atoms with E-state index in [4.69, 9.17) is 0 Å². The molecule has 0 unspecified atom stereocenters. The second-order valence-electron chi connectivity index (χ2n) is 4.66. The van der Waals surface area contributed by atoms with E-state index in [0.29, 0.717) is 6.54 Å². The van der Waals surface area contributed by atoms with E-state index in [0.717, 1.165) is 11.6 Å². The average molecular weight is 314 g/mol. The van der Waals surface area contributed by atoms with Gasteiger partial charge in [0.1, 0.15) is 11.5 Å². The van der Waals surface area contributed by atoms with Crippen LogP contribution in [0.3, 0.4) is 0 Å². The van der Waals surface area contributed by atoms with Crippen molar-refractivity contribution in [2.45, 2.75) is 6.54 Å². The maximum atomic E-state index is 13.1. The lowest BCUT2D eigenvalue weighted by atomic mass is 10.2. The van der Waals surface area contributed by atoms with Crippen molar-refractivity contribution in [1.82, 2.24) is 30.4 Å². The molecule has 0 fully saturated rings. The Morgan fingerprint density at radius 1 is 1.39 bits per heavy atom. The predicted octanol–water partition coefficient (Wildman–Crippen LogP) is 1.37. The van der Waals surface area contributed by atoms with E-state index in [9.17, 15) is 14.3 Å². The monoisotopic (exact) mass is 314 g/mol. The number of aliphatic hydroxyl groups excluding tert-OH is 1. The number of aliphatic hydroxyl groups is 1. The topological polar surface area (TPSA) is 110 Å². The van der Waals surface area contributed by atoms with Gasteiger partial charge in [0.05, 0.1) is 6.54 Å². The van der Waals surface area contributed by atoms with Gasteiger partial charge in [0.15, 0.2) is 5.76 Å². The van der Waals surface area contributed by atoms with Crippen LogP contribution < -0.4 is 0 Å². The quantitative estimate of drug-likeness (QED) is 0.418. The molecule has 1 aromatic carbocycles. The molecule has 116 valence electrons. The average Bonchev–Trinajstić information content (AvgIpc) is 3.18. The standard InChI is InChI=1S/C14H11FN6O2/c15-10-3-1-2-9(6-10)8-21-5-4-11(18-21)12(22)7-13(23)14-16-19-20-17-14/h1-7,23H,8H2,(H,16,17,19,20). The van der Waals surface area contributed by atoms with Gasteiger partial charge in [-0.1, -0.05) is 12.1 Å². The predicted molar refractivity (Wildman–Crippen MR) is 76.8 cm³/mol. The van der Waals surface area contributed by atoms with Crippen molar-refractivity contribution in [3.05, 3.63) is 65.5 Å². The van der Waals surface area contributed by atoms with Crippen LogP contribution in [0, 0.1) is 5.82 Å². The van der Waals surface area contributed by atoms with Crippen molar-refractivity contribution in [2.24, 2.45) is 0 Å². The van der Waals surface area contributed by atoms with E-state index in [-0.39, 0.29) is 17.3 Å². The summed E-state index contributed by atoms with van der Waals surface area (Å²) in [6.07, 6.45) is 2.55. The zero-order valence-corrected chi connectivity index (χ0v) is 11.7. The summed E-state index contributed by atoms with van der Waals surface area (Å²) in [6, 6.07) is 7.61. The normalized spacial score (nSPS) is 11.6. The van der Waals surface area contributed by atoms with Gasteiger partial charge >= 0.3 is 0 Å². The SMILES string of the molecule is O=C(C=C(O)c1nn[nH]n1)c1ccn(Cc2cccc(F)c2)n1. The number of aromatic nitrogens is 6. The summed E-state index contributed by atoms with van der Waals surface area (Å²) in [6.45, 7) is 0.325. The molecule has 0 amide bonds. The van der Waals surface area contributed by atoms with Crippen molar-refractivity contribution in [3.8, 4) is 0 Å². The van der Waals surface area contributed by atoms with Gasteiger partial charge in [-0.25, -0.2) is 4.39 Å². The summed E-state index contributed by atoms with van der Waals surface area (Å²) >= 11 is 0. The summed E-state index contributed by atoms with van der Waals surface area (Å²) in [5.41, 5.74) is 0.855. The Morgan fingerprint density at radius 3 is 3.00 bits per heavy atom. The molecule has 0 radical (unpaired) electrons. The van der Waals surface area contributed by atoms with E-state index in [1.54, 1.807) is 18.3 Å². The first-order valence-electron chi connectivity index (χ1n) is 6.58. The number of nitrogens with zero attached hydrogens (tertiary/aromatic N) is 5. The lowest BCUT2D eigenvalue weighted by molar-refractivity contribution is 0.104. The Balaban J connectivity index is 1.74. The molecule has 2 aromatic heterocycles. The van der Waals surface area contributed by atoms with Gasteiger partial charge in [0, 0.05) is 12.3 Å². The molecule has 0 aliphatic heterocycles. The Labute approximate surface area is 129 Å². The van der Waals surface area contributed by atoms with Crippen molar-refractivity contribution in [3.63, 3.8) is 0 Å². The second kappa shape index (κ2) is 6.18. The highest BCUT2D eigenvalue weighted by atomic mass is 19.1. The Bertz CT molecular complexity index is 856. The molecular weight excluding hydrogens is 303 g/mol. The van der Waals surface area contributed by atoms with Crippen molar-refractivity contribution in [2.75, 3.05) is 0 Å². The van der Waals surface area contributed by atoms with Gasteiger partial charge in [-0.05, 0) is 29.0 Å². The zero-order chi connectivity index (χ0) is 16.2. The van der Waals surface area contributed by atoms with Crippen LogP contribution in [0.5, 0.6) is 0 Å². The van der Waals surface area contributed by atoms with E-state index < -0.39 is 11.5 Å². The first-order valence-corrected chi connectivity index (χ1v) is 6.58. The minimum absolute atomic E-state index is 0.0856. The number of hydrogen-bond donors (Lipinski definition) is 2. The van der Waals surface area contributed by atoms with Gasteiger partial charge < -0.3 is 5.11 Å². The van der Waals surface area contributed by atoms with Crippen LogP contribution in [-0.2, 0) is 6.54 Å². The fourth-order valence-electron chi connectivity index (χ4n) is 1.94. The first-order chi connectivity index (χ1) is 11.1. The summed E-state index contributed by atoms with van der Waals surface area (Å²) in [5, 5.41) is 26.3. The molecule has 2 N–H and O–H groups in total. The lowest BCUT2D eigenvalue weighted by Crippen LogP contribution is -2.04. The molecule has 0 aliphatic carbocycles. The van der Waals surface area contributed by atoms with Crippen LogP contribution in [0.4, 0.5) is 4.39 Å². The second-order valence-corrected chi connectivity index (χ2v) is 4.66.